The van der Waals surface area contributed by atoms with Gasteiger partial charge in [0.2, 0.25) is 0 Å². The van der Waals surface area contributed by atoms with Crippen molar-refractivity contribution >= 4 is 12.2 Å². The lowest BCUT2D eigenvalue weighted by molar-refractivity contribution is 0.0521. The van der Waals surface area contributed by atoms with Gasteiger partial charge in [0.25, 0.3) is 0 Å². The molecule has 0 fully saturated rings. The number of rotatable bonds is 7. The van der Waals surface area contributed by atoms with Gasteiger partial charge in [-0.15, -0.1) is 0 Å². The molecule has 0 spiro atoms. The molecular weight excluding hydrogens is 422 g/mol. The molecule has 2 amide bonds. The van der Waals surface area contributed by atoms with Crippen molar-refractivity contribution in [1.29, 1.82) is 0 Å². The average molecular weight is 458 g/mol. The Morgan fingerprint density at radius 3 is 1.79 bits per heavy atom. The first kappa shape index (κ1) is 26.2. The van der Waals surface area contributed by atoms with Crippen LogP contribution in [0.3, 0.4) is 0 Å². The predicted molar refractivity (Wildman–Crippen MR) is 127 cm³/mol. The third-order valence-electron chi connectivity index (χ3n) is 4.99. The van der Waals surface area contributed by atoms with Crippen LogP contribution < -0.4 is 9.47 Å². The van der Waals surface area contributed by atoms with E-state index in [9.17, 15) is 14.7 Å². The first-order chi connectivity index (χ1) is 15.4. The van der Waals surface area contributed by atoms with Crippen LogP contribution >= 0.6 is 0 Å². The fraction of sp³-hybridized carbons (Fsp3) is 0.440. The van der Waals surface area contributed by atoms with Crippen LogP contribution in [0.4, 0.5) is 9.59 Å². The Hall–Kier alpha value is -3.10. The lowest BCUT2D eigenvalue weighted by Gasteiger charge is -2.37. The Morgan fingerprint density at radius 2 is 1.36 bits per heavy atom. The molecule has 8 heteroatoms. The number of hydrogen-bond donors (Lipinski definition) is 1. The van der Waals surface area contributed by atoms with Crippen molar-refractivity contribution < 1.29 is 24.2 Å². The van der Waals surface area contributed by atoms with Crippen LogP contribution in [-0.2, 0) is 6.54 Å². The quantitative estimate of drug-likeness (QED) is 0.673. The van der Waals surface area contributed by atoms with Crippen LogP contribution in [0.15, 0.2) is 48.5 Å². The third-order valence-corrected chi connectivity index (χ3v) is 4.99. The van der Waals surface area contributed by atoms with E-state index in [4.69, 9.17) is 9.47 Å². The molecule has 0 aliphatic rings. The van der Waals surface area contributed by atoms with E-state index in [0.717, 1.165) is 5.56 Å². The predicted octanol–water partition coefficient (Wildman–Crippen LogP) is 4.14. The van der Waals surface area contributed by atoms with Crippen LogP contribution in [0.25, 0.3) is 0 Å². The summed E-state index contributed by atoms with van der Waals surface area (Å²) in [6.45, 7) is 7.23. The molecule has 0 bridgehead atoms. The summed E-state index contributed by atoms with van der Waals surface area (Å²) >= 11 is 0. The lowest BCUT2D eigenvalue weighted by atomic mass is 10.0. The van der Waals surface area contributed by atoms with Gasteiger partial charge in [-0.3, -0.25) is 4.90 Å². The molecule has 2 aromatic carbocycles. The van der Waals surface area contributed by atoms with E-state index >= 15 is 0 Å². The Kier molecular flexibility index (Phi) is 8.84. The number of ether oxygens (including phenoxy) is 2. The van der Waals surface area contributed by atoms with Gasteiger partial charge in [-0.2, -0.15) is 0 Å². The third kappa shape index (κ3) is 8.07. The highest BCUT2D eigenvalue weighted by Crippen LogP contribution is 2.30. The van der Waals surface area contributed by atoms with Gasteiger partial charge in [0, 0.05) is 52.9 Å². The smallest absolute Gasteiger partial charge is 0.410 e. The Morgan fingerprint density at radius 1 is 0.879 bits per heavy atom. The molecule has 0 radical (unpaired) electrons. The molecule has 2 rings (SSSR count). The topological polar surface area (TPSA) is 82.5 Å². The minimum Gasteiger partial charge on any atom is -0.410 e. The minimum atomic E-state index is -0.914. The van der Waals surface area contributed by atoms with Gasteiger partial charge >= 0.3 is 12.2 Å². The summed E-state index contributed by atoms with van der Waals surface area (Å²) in [5, 5.41) is 11.1. The van der Waals surface area contributed by atoms with Crippen molar-refractivity contribution in [3.63, 3.8) is 0 Å². The number of benzene rings is 2. The lowest BCUT2D eigenvalue weighted by Crippen LogP contribution is -2.43. The van der Waals surface area contributed by atoms with Crippen LogP contribution in [0, 0.1) is 0 Å². The molecule has 0 saturated heterocycles. The zero-order valence-electron chi connectivity index (χ0n) is 20.5. The minimum absolute atomic E-state index is 0.178. The highest BCUT2D eigenvalue weighted by Gasteiger charge is 2.25. The van der Waals surface area contributed by atoms with Gasteiger partial charge in [0.05, 0.1) is 6.10 Å². The maximum absolute atomic E-state index is 12.1. The number of carbonyl (C=O) groups is 2. The van der Waals surface area contributed by atoms with Gasteiger partial charge in [0.1, 0.15) is 11.5 Å². The first-order valence-electron chi connectivity index (χ1n) is 10.8. The Labute approximate surface area is 196 Å². The maximum Gasteiger partial charge on any atom is 0.414 e. The SMILES string of the molecule is CN(C)C(=O)Oc1cc(OC(=O)N(C)C)cc(C(O)CN(Cc2ccccc2)C(C)(C)C)c1. The highest BCUT2D eigenvalue weighted by molar-refractivity contribution is 5.72. The molecule has 1 N–H and O–H groups in total. The summed E-state index contributed by atoms with van der Waals surface area (Å²) in [6.07, 6.45) is -2.07. The largest absolute Gasteiger partial charge is 0.414 e. The highest BCUT2D eigenvalue weighted by atomic mass is 16.6. The normalized spacial score (nSPS) is 12.3. The van der Waals surface area contributed by atoms with Gasteiger partial charge in [-0.1, -0.05) is 30.3 Å². The summed E-state index contributed by atoms with van der Waals surface area (Å²) in [6, 6.07) is 14.7. The monoisotopic (exact) mass is 457 g/mol. The van der Waals surface area contributed by atoms with E-state index in [2.05, 4.69) is 25.7 Å². The number of carbonyl (C=O) groups excluding carboxylic acids is 2. The van der Waals surface area contributed by atoms with Gasteiger partial charge < -0.3 is 24.4 Å². The molecule has 0 heterocycles. The fourth-order valence-electron chi connectivity index (χ4n) is 2.98. The molecule has 180 valence electrons. The Bertz CT molecular complexity index is 899. The molecule has 2 aromatic rings. The van der Waals surface area contributed by atoms with E-state index in [1.165, 1.54) is 15.9 Å². The van der Waals surface area contributed by atoms with Crippen LogP contribution in [0.5, 0.6) is 11.5 Å². The zero-order valence-corrected chi connectivity index (χ0v) is 20.5. The van der Waals surface area contributed by atoms with Crippen LogP contribution in [-0.4, -0.2) is 72.3 Å². The second-order valence-corrected chi connectivity index (χ2v) is 9.32. The van der Waals surface area contributed by atoms with Gasteiger partial charge in [-0.05, 0) is 44.0 Å². The molecule has 0 aromatic heterocycles. The number of β-amino-alcohol motifs (C(OH)–C–C–N with tert-alkyl or cyclic N) is 1. The molecule has 0 saturated carbocycles. The van der Waals surface area contributed by atoms with Gasteiger partial charge in [0.15, 0.2) is 0 Å². The number of amides is 2. The summed E-state index contributed by atoms with van der Waals surface area (Å²) < 4.78 is 10.7. The maximum atomic E-state index is 12.1. The van der Waals surface area contributed by atoms with E-state index in [-0.39, 0.29) is 17.0 Å². The van der Waals surface area contributed by atoms with Crippen LogP contribution in [0.2, 0.25) is 0 Å². The average Bonchev–Trinajstić information content (AvgIpc) is 2.72. The summed E-state index contributed by atoms with van der Waals surface area (Å²) in [5.74, 6) is 0.356. The second kappa shape index (κ2) is 11.2. The molecule has 1 atom stereocenters. The zero-order chi connectivity index (χ0) is 24.8. The van der Waals surface area contributed by atoms with Crippen molar-refractivity contribution in [2.24, 2.45) is 0 Å². The van der Waals surface area contributed by atoms with Crippen molar-refractivity contribution in [3.05, 3.63) is 59.7 Å². The molecule has 0 aliphatic carbocycles. The van der Waals surface area contributed by atoms with Crippen molar-refractivity contribution in [3.8, 4) is 11.5 Å². The standard InChI is InChI=1S/C25H35N3O5/c1-25(2,3)28(16-18-11-9-8-10-12-18)17-22(29)19-13-20(32-23(30)26(4)5)15-21(14-19)33-24(31)27(6)7/h8-15,22,29H,16-17H2,1-7H3. The van der Waals surface area contributed by atoms with Crippen LogP contribution in [0.1, 0.15) is 38.0 Å². The first-order valence-corrected chi connectivity index (χ1v) is 10.8. The van der Waals surface area contributed by atoms with E-state index in [1.54, 1.807) is 40.3 Å². The number of aliphatic hydroxyl groups excluding tert-OH is 1. The summed E-state index contributed by atoms with van der Waals surface area (Å²) in [5.41, 5.74) is 1.39. The molecule has 0 aliphatic heterocycles. The molecule has 1 unspecified atom stereocenters. The molecule has 33 heavy (non-hydrogen) atoms. The summed E-state index contributed by atoms with van der Waals surface area (Å²) in [4.78, 5) is 28.9. The Balaban J connectivity index is 2.33. The molecule has 8 nitrogen and oxygen atoms in total. The number of aliphatic hydroxyl groups is 1. The van der Waals surface area contributed by atoms with E-state index in [0.29, 0.717) is 18.7 Å². The van der Waals surface area contributed by atoms with Crippen molar-refractivity contribution in [2.45, 2.75) is 39.0 Å². The molecular formula is C25H35N3O5. The van der Waals surface area contributed by atoms with Crippen molar-refractivity contribution in [2.75, 3.05) is 34.7 Å². The second-order valence-electron chi connectivity index (χ2n) is 9.32. The fourth-order valence-corrected chi connectivity index (χ4v) is 2.98. The number of hydrogen-bond acceptors (Lipinski definition) is 6. The van der Waals surface area contributed by atoms with E-state index in [1.807, 2.05) is 30.3 Å². The summed E-state index contributed by atoms with van der Waals surface area (Å²) in [7, 11) is 6.27. The number of nitrogens with zero attached hydrogens (tertiary/aromatic N) is 3. The van der Waals surface area contributed by atoms with Gasteiger partial charge in [-0.25, -0.2) is 9.59 Å². The van der Waals surface area contributed by atoms with E-state index < -0.39 is 18.3 Å². The van der Waals surface area contributed by atoms with Crippen molar-refractivity contribution in [1.82, 2.24) is 14.7 Å².